The minimum atomic E-state index is -0.845. The lowest BCUT2D eigenvalue weighted by atomic mass is 10.0. The molecule has 0 saturated carbocycles. The maximum Gasteiger partial charge on any atom is 0.411 e. The van der Waals surface area contributed by atoms with Gasteiger partial charge >= 0.3 is 6.09 Å². The van der Waals surface area contributed by atoms with Gasteiger partial charge in [-0.2, -0.15) is 0 Å². The zero-order valence-electron chi connectivity index (χ0n) is 36.0. The van der Waals surface area contributed by atoms with Crippen LogP contribution in [-0.4, -0.2) is 76.3 Å². The molecule has 2 heterocycles. The van der Waals surface area contributed by atoms with Crippen molar-refractivity contribution >= 4 is 34.5 Å². The summed E-state index contributed by atoms with van der Waals surface area (Å²) in [6.07, 6.45) is 1.28. The predicted molar refractivity (Wildman–Crippen MR) is 249 cm³/mol. The van der Waals surface area contributed by atoms with Crippen LogP contribution in [-0.2, 0) is 40.3 Å². The molecule has 1 unspecified atom stereocenters. The number of anilines is 1. The number of piperidine rings is 1. The van der Waals surface area contributed by atoms with Crippen molar-refractivity contribution in [3.63, 3.8) is 0 Å². The van der Waals surface area contributed by atoms with E-state index in [2.05, 4.69) is 31.2 Å². The second kappa shape index (κ2) is 22.0. The van der Waals surface area contributed by atoms with Gasteiger partial charge in [0.05, 0.1) is 23.7 Å². The molecular weight excluding hydrogens is 809 g/mol. The number of nitrogens with one attached hydrogen (secondary N) is 5. The van der Waals surface area contributed by atoms with Crippen molar-refractivity contribution in [3.05, 3.63) is 166 Å². The lowest BCUT2D eigenvalue weighted by Gasteiger charge is -2.31. The molecule has 0 spiro atoms. The number of pyridine rings is 1. The van der Waals surface area contributed by atoms with Crippen molar-refractivity contribution in [2.24, 2.45) is 0 Å². The number of ether oxygens (including phenoxy) is 1. The number of nitrogens with zero attached hydrogens (tertiary/aromatic N) is 1. The number of carbonyl (C=O) groups excluding carboxylic acids is 3. The number of rotatable bonds is 18. The van der Waals surface area contributed by atoms with Gasteiger partial charge in [0, 0.05) is 68.7 Å². The lowest BCUT2D eigenvalue weighted by Crippen LogP contribution is -2.40. The van der Waals surface area contributed by atoms with Crippen molar-refractivity contribution in [3.8, 4) is 16.9 Å². The highest BCUT2D eigenvalue weighted by Gasteiger charge is 2.23. The number of aromatic amines is 1. The monoisotopic (exact) mass is 864 g/mol. The second-order valence-electron chi connectivity index (χ2n) is 16.4. The number of phenols is 1. The highest BCUT2D eigenvalue weighted by atomic mass is 16.6. The highest BCUT2D eigenvalue weighted by Crippen LogP contribution is 2.30. The molecule has 1 saturated heterocycles. The van der Waals surface area contributed by atoms with Gasteiger partial charge in [-0.05, 0) is 77.8 Å². The minimum absolute atomic E-state index is 0.0257. The molecule has 13 heteroatoms. The van der Waals surface area contributed by atoms with E-state index in [1.807, 2.05) is 110 Å². The van der Waals surface area contributed by atoms with Gasteiger partial charge in [0.2, 0.25) is 17.4 Å². The minimum Gasteiger partial charge on any atom is -0.506 e. The molecule has 1 aliphatic rings. The Kier molecular flexibility index (Phi) is 15.6. The Morgan fingerprint density at radius 3 is 2.12 bits per heavy atom. The lowest BCUT2D eigenvalue weighted by molar-refractivity contribution is -0.122. The van der Waals surface area contributed by atoms with E-state index in [0.717, 1.165) is 52.9 Å². The quantitative estimate of drug-likeness (QED) is 0.0492. The topological polar surface area (TPSA) is 185 Å². The number of phenolic OH excluding ortho intramolecular Hbond substituents is 1. The van der Waals surface area contributed by atoms with E-state index in [-0.39, 0.29) is 48.2 Å². The third-order valence-corrected chi connectivity index (χ3v) is 11.6. The number of fused-ring (bicyclic) bond motifs is 1. The largest absolute Gasteiger partial charge is 0.506 e. The Hall–Kier alpha value is -6.80. The third-order valence-electron chi connectivity index (χ3n) is 11.6. The van der Waals surface area contributed by atoms with Crippen LogP contribution in [0.5, 0.6) is 5.75 Å². The van der Waals surface area contributed by atoms with Crippen LogP contribution in [0.1, 0.15) is 60.1 Å². The van der Waals surface area contributed by atoms with E-state index in [4.69, 9.17) is 4.74 Å². The van der Waals surface area contributed by atoms with Gasteiger partial charge in [0.1, 0.15) is 11.9 Å². The molecule has 0 radical (unpaired) electrons. The number of carbonyl (C=O) groups is 3. The van der Waals surface area contributed by atoms with Crippen molar-refractivity contribution in [1.29, 1.82) is 0 Å². The number of hydrogen-bond donors (Lipinski definition) is 7. The van der Waals surface area contributed by atoms with Gasteiger partial charge in [-0.15, -0.1) is 0 Å². The normalized spacial score (nSPS) is 14.1. The first-order valence-corrected chi connectivity index (χ1v) is 21.9. The highest BCUT2D eigenvalue weighted by molar-refractivity contribution is 5.91. The van der Waals surface area contributed by atoms with Crippen LogP contribution in [0.15, 0.2) is 132 Å². The second-order valence-corrected chi connectivity index (χ2v) is 16.4. The third kappa shape index (κ3) is 12.9. The van der Waals surface area contributed by atoms with Crippen LogP contribution in [0.3, 0.4) is 0 Å². The first-order valence-electron chi connectivity index (χ1n) is 21.9. The van der Waals surface area contributed by atoms with E-state index < -0.39 is 12.2 Å². The number of para-hydroxylation sites is 1. The number of amides is 3. The Labute approximate surface area is 372 Å². The molecule has 5 aromatic carbocycles. The molecule has 0 bridgehead atoms. The molecule has 2 atom stereocenters. The maximum absolute atomic E-state index is 12.8. The molecule has 0 aliphatic carbocycles. The van der Waals surface area contributed by atoms with Crippen LogP contribution < -0.4 is 26.8 Å². The van der Waals surface area contributed by atoms with Gasteiger partial charge in [-0.1, -0.05) is 103 Å². The first kappa shape index (κ1) is 45.2. The van der Waals surface area contributed by atoms with E-state index >= 15 is 0 Å². The molecule has 13 nitrogen and oxygen atoms in total. The standard InChI is InChI=1S/C51H56N6O7/c1-34(52-33-46(59)42-19-21-45(58)50-43(42)20-22-48(61)56-50)29-35-11-13-36(14-12-35)30-49(62)54-32-38-17-15-37(16-18-38)31-53-47(60)25-28-57-26-23-40(24-27-57)64-51(63)55-44-10-6-5-9-41(44)39-7-3-2-4-8-39/h2-22,34,40,46,52,58-59H,23-33H2,1H3,(H,53,60)(H,54,62)(H,55,63)(H,56,61)/t34?,46-/m0/s1. The average Bonchev–Trinajstić information content (AvgIpc) is 3.31. The summed E-state index contributed by atoms with van der Waals surface area (Å²) in [4.78, 5) is 54.8. The molecule has 3 amide bonds. The summed E-state index contributed by atoms with van der Waals surface area (Å²) in [7, 11) is 0. The number of aliphatic hydroxyl groups is 1. The van der Waals surface area contributed by atoms with E-state index in [1.165, 1.54) is 12.1 Å². The molecule has 1 aliphatic heterocycles. The number of benzene rings is 5. The number of H-pyrrole nitrogens is 1. The van der Waals surface area contributed by atoms with Gasteiger partial charge < -0.3 is 40.8 Å². The number of hydrogen-bond acceptors (Lipinski definition) is 9. The molecule has 7 rings (SSSR count). The molecular formula is C51H56N6O7. The summed E-state index contributed by atoms with van der Waals surface area (Å²) in [6.45, 7) is 5.26. The fourth-order valence-electron chi connectivity index (χ4n) is 7.97. The van der Waals surface area contributed by atoms with Crippen molar-refractivity contribution in [2.45, 2.75) is 70.4 Å². The molecule has 64 heavy (non-hydrogen) atoms. The predicted octanol–water partition coefficient (Wildman–Crippen LogP) is 6.73. The van der Waals surface area contributed by atoms with Crippen LogP contribution in [0.4, 0.5) is 10.5 Å². The summed E-state index contributed by atoms with van der Waals surface area (Å²) in [5, 5.41) is 33.9. The van der Waals surface area contributed by atoms with Crippen LogP contribution in [0.25, 0.3) is 22.0 Å². The Bertz CT molecular complexity index is 2560. The van der Waals surface area contributed by atoms with Crippen molar-refractivity contribution in [1.82, 2.24) is 25.8 Å². The maximum atomic E-state index is 12.8. The van der Waals surface area contributed by atoms with E-state index in [1.54, 1.807) is 12.1 Å². The summed E-state index contributed by atoms with van der Waals surface area (Å²) >= 11 is 0. The zero-order chi connectivity index (χ0) is 44.8. The summed E-state index contributed by atoms with van der Waals surface area (Å²) in [6, 6.07) is 39.5. The van der Waals surface area contributed by atoms with Crippen molar-refractivity contribution < 1.29 is 29.3 Å². The molecule has 1 fully saturated rings. The molecule has 1 aromatic heterocycles. The SMILES string of the molecule is CC(Cc1ccc(CC(=O)NCc2ccc(CNC(=O)CCN3CCC(OC(=O)Nc4ccccc4-c4ccccc4)CC3)cc2)cc1)NC[C@H](O)c1ccc(O)c2[nH]c(=O)ccc12. The number of aromatic nitrogens is 1. The van der Waals surface area contributed by atoms with Crippen LogP contribution in [0.2, 0.25) is 0 Å². The smallest absolute Gasteiger partial charge is 0.411 e. The van der Waals surface area contributed by atoms with Gasteiger partial charge in [0.25, 0.3) is 0 Å². The number of likely N-dealkylation sites (tertiary alicyclic amines) is 1. The van der Waals surface area contributed by atoms with Crippen molar-refractivity contribution in [2.75, 3.05) is 31.5 Å². The Morgan fingerprint density at radius 2 is 1.41 bits per heavy atom. The Balaban J connectivity index is 0.747. The van der Waals surface area contributed by atoms with Crippen LogP contribution in [0, 0.1) is 0 Å². The van der Waals surface area contributed by atoms with E-state index in [9.17, 15) is 29.4 Å². The molecule has 7 N–H and O–H groups in total. The fourth-order valence-corrected chi connectivity index (χ4v) is 7.97. The van der Waals surface area contributed by atoms with Gasteiger partial charge in [0.15, 0.2) is 0 Å². The summed E-state index contributed by atoms with van der Waals surface area (Å²) < 4.78 is 5.76. The van der Waals surface area contributed by atoms with E-state index in [0.29, 0.717) is 61.1 Å². The fraction of sp³-hybridized carbons (Fsp3) is 0.294. The van der Waals surface area contributed by atoms with Gasteiger partial charge in [-0.25, -0.2) is 4.79 Å². The van der Waals surface area contributed by atoms with Crippen LogP contribution >= 0.6 is 0 Å². The number of aliphatic hydroxyl groups excluding tert-OH is 1. The molecule has 332 valence electrons. The average molecular weight is 865 g/mol. The summed E-state index contributed by atoms with van der Waals surface area (Å²) in [5.74, 6) is -0.155. The Morgan fingerprint density at radius 1 is 0.766 bits per heavy atom. The number of aromatic hydroxyl groups is 1. The van der Waals surface area contributed by atoms with Gasteiger partial charge in [-0.3, -0.25) is 19.7 Å². The zero-order valence-corrected chi connectivity index (χ0v) is 36.0. The first-order chi connectivity index (χ1) is 31.1. The summed E-state index contributed by atoms with van der Waals surface area (Å²) in [5.41, 5.74) is 7.16. The molecule has 6 aromatic rings.